The molecule has 0 aliphatic rings. The van der Waals surface area contributed by atoms with E-state index in [1.54, 1.807) is 7.11 Å². The Morgan fingerprint density at radius 1 is 1.11 bits per heavy atom. The Hall–Kier alpha value is -1.04. The lowest BCUT2D eigenvalue weighted by atomic mass is 9.98. The highest BCUT2D eigenvalue weighted by Gasteiger charge is 2.13. The van der Waals surface area contributed by atoms with Crippen molar-refractivity contribution in [3.8, 4) is 0 Å². The summed E-state index contributed by atoms with van der Waals surface area (Å²) >= 11 is 0. The third kappa shape index (κ3) is 4.86. The topological polar surface area (TPSA) is 70.3 Å². The van der Waals surface area contributed by atoms with Crippen molar-refractivity contribution in [2.45, 2.75) is 33.1 Å². The molecule has 108 valence electrons. The summed E-state index contributed by atoms with van der Waals surface area (Å²) in [6.45, 7) is 8.60. The van der Waals surface area contributed by atoms with Gasteiger partial charge in [-0.05, 0) is 31.9 Å². The van der Waals surface area contributed by atoms with Gasteiger partial charge in [0.2, 0.25) is 0 Å². The first kappa shape index (κ1) is 16.0. The molecule has 19 heavy (non-hydrogen) atoms. The van der Waals surface area contributed by atoms with Crippen LogP contribution in [0.25, 0.3) is 0 Å². The van der Waals surface area contributed by atoms with Gasteiger partial charge in [0.25, 0.3) is 0 Å². The predicted octanol–water partition coefficient (Wildman–Crippen LogP) is 1.36. The van der Waals surface area contributed by atoms with Crippen molar-refractivity contribution in [3.63, 3.8) is 0 Å². The van der Waals surface area contributed by atoms with E-state index < -0.39 is 0 Å². The molecule has 0 aliphatic heterocycles. The largest absolute Gasteiger partial charge is 0.382 e. The molecule has 1 rings (SSSR count). The summed E-state index contributed by atoms with van der Waals surface area (Å²) in [6, 6.07) is 0. The van der Waals surface area contributed by atoms with Gasteiger partial charge in [0.15, 0.2) is 0 Å². The number of nitrogens with two attached hydrogens (primary N) is 1. The van der Waals surface area contributed by atoms with Crippen molar-refractivity contribution in [1.82, 2.24) is 9.97 Å². The predicted molar refractivity (Wildman–Crippen MR) is 75.4 cm³/mol. The molecule has 0 saturated heterocycles. The maximum Gasteiger partial charge on any atom is 0.131 e. The highest BCUT2D eigenvalue weighted by Crippen LogP contribution is 2.20. The minimum absolute atomic E-state index is 0.298. The van der Waals surface area contributed by atoms with E-state index in [1.807, 2.05) is 13.8 Å². The van der Waals surface area contributed by atoms with E-state index in [1.165, 1.54) is 5.56 Å². The number of hydrogen-bond acceptors (Lipinski definition) is 5. The second-order valence-electron chi connectivity index (χ2n) is 4.72. The van der Waals surface area contributed by atoms with Crippen LogP contribution in [0.5, 0.6) is 0 Å². The second-order valence-corrected chi connectivity index (χ2v) is 4.72. The van der Waals surface area contributed by atoms with Crippen LogP contribution in [0.3, 0.4) is 0 Å². The molecule has 1 atom stereocenters. The first-order valence-electron chi connectivity index (χ1n) is 6.70. The number of aromatic nitrogens is 2. The summed E-state index contributed by atoms with van der Waals surface area (Å²) < 4.78 is 10.4. The highest BCUT2D eigenvalue weighted by atomic mass is 16.5. The Labute approximate surface area is 115 Å². The SMILES string of the molecule is COCCOCCc1nc(C)c(C(C)CN)c(C)n1. The lowest BCUT2D eigenvalue weighted by molar-refractivity contribution is 0.0716. The number of ether oxygens (including phenoxy) is 2. The normalized spacial score (nSPS) is 12.7. The van der Waals surface area contributed by atoms with Crippen LogP contribution in [0.2, 0.25) is 0 Å². The molecule has 0 radical (unpaired) electrons. The molecule has 2 N–H and O–H groups in total. The number of methoxy groups -OCH3 is 1. The fourth-order valence-electron chi connectivity index (χ4n) is 2.15. The number of nitrogens with zero attached hydrogens (tertiary/aromatic N) is 2. The molecular formula is C14H25N3O2. The van der Waals surface area contributed by atoms with Crippen molar-refractivity contribution in [3.05, 3.63) is 22.8 Å². The van der Waals surface area contributed by atoms with Gasteiger partial charge in [0, 0.05) is 24.9 Å². The zero-order valence-corrected chi connectivity index (χ0v) is 12.4. The molecule has 1 aromatic rings. The Bertz CT molecular complexity index is 373. The molecule has 1 heterocycles. The first-order chi connectivity index (χ1) is 9.10. The van der Waals surface area contributed by atoms with Crippen molar-refractivity contribution in [2.24, 2.45) is 5.73 Å². The van der Waals surface area contributed by atoms with Crippen molar-refractivity contribution >= 4 is 0 Å². The van der Waals surface area contributed by atoms with Gasteiger partial charge in [-0.15, -0.1) is 0 Å². The van der Waals surface area contributed by atoms with Gasteiger partial charge in [-0.2, -0.15) is 0 Å². The zero-order valence-electron chi connectivity index (χ0n) is 12.4. The van der Waals surface area contributed by atoms with Crippen molar-refractivity contribution < 1.29 is 9.47 Å². The van der Waals surface area contributed by atoms with Gasteiger partial charge in [0.1, 0.15) is 5.82 Å². The molecule has 5 nitrogen and oxygen atoms in total. The van der Waals surface area contributed by atoms with E-state index in [0.717, 1.165) is 23.6 Å². The Balaban J connectivity index is 2.62. The monoisotopic (exact) mass is 267 g/mol. The molecule has 0 amide bonds. The van der Waals surface area contributed by atoms with Crippen LogP contribution in [0.15, 0.2) is 0 Å². The molecule has 1 unspecified atom stereocenters. The number of hydrogen-bond donors (Lipinski definition) is 1. The molecule has 0 aromatic carbocycles. The van der Waals surface area contributed by atoms with Gasteiger partial charge >= 0.3 is 0 Å². The quantitative estimate of drug-likeness (QED) is 0.720. The minimum Gasteiger partial charge on any atom is -0.382 e. The fraction of sp³-hybridized carbons (Fsp3) is 0.714. The van der Waals surface area contributed by atoms with Gasteiger partial charge in [-0.25, -0.2) is 9.97 Å². The summed E-state index contributed by atoms with van der Waals surface area (Å²) in [5, 5.41) is 0. The molecule has 0 aliphatic carbocycles. The van der Waals surface area contributed by atoms with Crippen LogP contribution in [-0.2, 0) is 15.9 Å². The second kappa shape index (κ2) is 8.19. The third-order valence-corrected chi connectivity index (χ3v) is 3.12. The Kier molecular flexibility index (Phi) is 6.91. The van der Waals surface area contributed by atoms with Crippen LogP contribution in [0.1, 0.15) is 35.6 Å². The first-order valence-corrected chi connectivity index (χ1v) is 6.70. The van der Waals surface area contributed by atoms with E-state index in [0.29, 0.717) is 32.3 Å². The van der Waals surface area contributed by atoms with Gasteiger partial charge in [-0.3, -0.25) is 0 Å². The van der Waals surface area contributed by atoms with Crippen LogP contribution in [0.4, 0.5) is 0 Å². The van der Waals surface area contributed by atoms with E-state index in [2.05, 4.69) is 16.9 Å². The lowest BCUT2D eigenvalue weighted by Gasteiger charge is -2.15. The smallest absolute Gasteiger partial charge is 0.131 e. The maximum absolute atomic E-state index is 5.72. The summed E-state index contributed by atoms with van der Waals surface area (Å²) in [4.78, 5) is 9.09. The Morgan fingerprint density at radius 2 is 1.74 bits per heavy atom. The van der Waals surface area contributed by atoms with Gasteiger partial charge in [0.05, 0.1) is 19.8 Å². The van der Waals surface area contributed by atoms with E-state index in [9.17, 15) is 0 Å². The average Bonchev–Trinajstić information content (AvgIpc) is 2.37. The lowest BCUT2D eigenvalue weighted by Crippen LogP contribution is -2.15. The third-order valence-electron chi connectivity index (χ3n) is 3.12. The van der Waals surface area contributed by atoms with Crippen LogP contribution < -0.4 is 5.73 Å². The summed E-state index contributed by atoms with van der Waals surface area (Å²) in [6.07, 6.45) is 0.725. The van der Waals surface area contributed by atoms with Crippen molar-refractivity contribution in [1.29, 1.82) is 0 Å². The summed E-state index contributed by atoms with van der Waals surface area (Å²) in [5.74, 6) is 1.13. The average molecular weight is 267 g/mol. The highest BCUT2D eigenvalue weighted by molar-refractivity contribution is 5.28. The molecule has 0 fully saturated rings. The molecule has 0 bridgehead atoms. The fourth-order valence-corrected chi connectivity index (χ4v) is 2.15. The van der Waals surface area contributed by atoms with Gasteiger partial charge in [-0.1, -0.05) is 6.92 Å². The Morgan fingerprint density at radius 3 is 2.26 bits per heavy atom. The summed E-state index contributed by atoms with van der Waals surface area (Å²) in [5.41, 5.74) is 8.94. The van der Waals surface area contributed by atoms with Crippen LogP contribution in [-0.4, -0.2) is 43.4 Å². The number of aryl methyl sites for hydroxylation is 2. The van der Waals surface area contributed by atoms with Crippen LogP contribution in [0, 0.1) is 13.8 Å². The van der Waals surface area contributed by atoms with E-state index in [-0.39, 0.29) is 0 Å². The molecule has 0 saturated carbocycles. The zero-order chi connectivity index (χ0) is 14.3. The molecule has 0 spiro atoms. The molecular weight excluding hydrogens is 242 g/mol. The maximum atomic E-state index is 5.72. The van der Waals surface area contributed by atoms with Crippen LogP contribution >= 0.6 is 0 Å². The standard InChI is InChI=1S/C14H25N3O2/c1-10(9-15)14-11(2)16-13(17-12(14)3)5-6-19-8-7-18-4/h10H,5-9,15H2,1-4H3. The molecule has 1 aromatic heterocycles. The van der Waals surface area contributed by atoms with E-state index in [4.69, 9.17) is 15.2 Å². The minimum atomic E-state index is 0.298. The van der Waals surface area contributed by atoms with Crippen molar-refractivity contribution in [2.75, 3.05) is 33.5 Å². The summed E-state index contributed by atoms with van der Waals surface area (Å²) in [7, 11) is 1.66. The van der Waals surface area contributed by atoms with E-state index >= 15 is 0 Å². The van der Waals surface area contributed by atoms with Gasteiger partial charge < -0.3 is 15.2 Å². The number of rotatable bonds is 8. The molecule has 5 heteroatoms.